The molecule has 2 aliphatic rings. The average molecular weight is 464 g/mol. The Kier molecular flexibility index (Phi) is 5.62. The summed E-state index contributed by atoms with van der Waals surface area (Å²) in [5, 5.41) is 4.41. The lowest BCUT2D eigenvalue weighted by Crippen LogP contribution is -2.71. The van der Waals surface area contributed by atoms with Crippen LogP contribution in [0.25, 0.3) is 11.0 Å². The highest BCUT2D eigenvalue weighted by Crippen LogP contribution is 2.36. The van der Waals surface area contributed by atoms with Crippen molar-refractivity contribution in [1.82, 2.24) is 25.2 Å². The zero-order valence-electron chi connectivity index (χ0n) is 18.6. The number of aryl methyl sites for hydroxylation is 1. The third-order valence-electron chi connectivity index (χ3n) is 6.18. The van der Waals surface area contributed by atoms with Gasteiger partial charge in [0.2, 0.25) is 5.88 Å². The topological polar surface area (TPSA) is 128 Å². The van der Waals surface area contributed by atoms with Crippen LogP contribution in [0, 0.1) is 0 Å². The number of hydrogen-bond donors (Lipinski definition) is 2. The number of barbiturate groups is 1. The van der Waals surface area contributed by atoms with Gasteiger partial charge >= 0.3 is 6.03 Å². The molecular formula is C23H24N6O5. The summed E-state index contributed by atoms with van der Waals surface area (Å²) >= 11 is 0. The van der Waals surface area contributed by atoms with Gasteiger partial charge in [-0.05, 0) is 37.5 Å². The molecule has 1 aromatic carbocycles. The monoisotopic (exact) mass is 464 g/mol. The maximum absolute atomic E-state index is 12.6. The first-order valence-corrected chi connectivity index (χ1v) is 11.0. The molecule has 11 nitrogen and oxygen atoms in total. The predicted molar refractivity (Wildman–Crippen MR) is 122 cm³/mol. The van der Waals surface area contributed by atoms with Gasteiger partial charge in [-0.3, -0.25) is 20.2 Å². The highest BCUT2D eigenvalue weighted by atomic mass is 16.5. The van der Waals surface area contributed by atoms with Gasteiger partial charge in [-0.2, -0.15) is 0 Å². The van der Waals surface area contributed by atoms with Crippen molar-refractivity contribution in [2.45, 2.75) is 31.3 Å². The van der Waals surface area contributed by atoms with E-state index < -0.39 is 23.4 Å². The Morgan fingerprint density at radius 2 is 1.91 bits per heavy atom. The van der Waals surface area contributed by atoms with Gasteiger partial charge in [-0.15, -0.1) is 0 Å². The van der Waals surface area contributed by atoms with Crippen LogP contribution in [0.5, 0.6) is 11.6 Å². The number of pyridine rings is 1. The van der Waals surface area contributed by atoms with Gasteiger partial charge in [0.1, 0.15) is 5.75 Å². The van der Waals surface area contributed by atoms with Crippen LogP contribution in [0.2, 0.25) is 0 Å². The molecule has 4 amide bonds. The van der Waals surface area contributed by atoms with Crippen LogP contribution in [-0.2, 0) is 20.9 Å². The van der Waals surface area contributed by atoms with Crippen molar-refractivity contribution in [3.05, 3.63) is 42.9 Å². The van der Waals surface area contributed by atoms with Crippen molar-refractivity contribution in [2.75, 3.05) is 25.2 Å². The van der Waals surface area contributed by atoms with E-state index in [-0.39, 0.29) is 0 Å². The summed E-state index contributed by atoms with van der Waals surface area (Å²) in [6.45, 7) is 1.99. The van der Waals surface area contributed by atoms with Crippen LogP contribution in [0.15, 0.2) is 42.9 Å². The van der Waals surface area contributed by atoms with E-state index in [4.69, 9.17) is 9.47 Å². The number of imidazole rings is 1. The Labute approximate surface area is 195 Å². The molecule has 0 unspecified atom stereocenters. The van der Waals surface area contributed by atoms with Crippen molar-refractivity contribution >= 4 is 34.6 Å². The van der Waals surface area contributed by atoms with Gasteiger partial charge in [0.15, 0.2) is 5.54 Å². The predicted octanol–water partition coefficient (Wildman–Crippen LogP) is 1.97. The molecule has 3 aromatic rings. The second-order valence-corrected chi connectivity index (χ2v) is 8.24. The first-order chi connectivity index (χ1) is 16.5. The molecule has 4 heterocycles. The molecule has 176 valence electrons. The lowest BCUT2D eigenvalue weighted by Gasteiger charge is -2.38. The Morgan fingerprint density at radius 3 is 2.65 bits per heavy atom. The molecular weight excluding hydrogens is 440 g/mol. The van der Waals surface area contributed by atoms with E-state index in [1.807, 2.05) is 18.2 Å². The Morgan fingerprint density at radius 1 is 1.09 bits per heavy atom. The summed E-state index contributed by atoms with van der Waals surface area (Å²) < 4.78 is 13.1. The molecule has 0 aliphatic carbocycles. The largest absolute Gasteiger partial charge is 0.439 e. The minimum atomic E-state index is -1.45. The number of carbonyl (C=O) groups is 3. The fraction of sp³-hybridized carbons (Fsp3) is 0.348. The van der Waals surface area contributed by atoms with E-state index in [1.165, 1.54) is 0 Å². The number of urea groups is 1. The molecule has 5 rings (SSSR count). The fourth-order valence-electron chi connectivity index (χ4n) is 4.57. The van der Waals surface area contributed by atoms with Gasteiger partial charge in [0.05, 0.1) is 29.2 Å². The fourth-order valence-corrected chi connectivity index (χ4v) is 4.57. The van der Waals surface area contributed by atoms with E-state index in [0.29, 0.717) is 43.3 Å². The molecule has 11 heteroatoms. The number of ether oxygens (including phenoxy) is 2. The zero-order chi connectivity index (χ0) is 23.7. The molecule has 34 heavy (non-hydrogen) atoms. The van der Waals surface area contributed by atoms with E-state index in [0.717, 1.165) is 24.0 Å². The third kappa shape index (κ3) is 3.73. The molecule has 1 spiro atoms. The van der Waals surface area contributed by atoms with Crippen LogP contribution in [-0.4, -0.2) is 58.2 Å². The number of amides is 4. The molecule has 2 aromatic heterocycles. The molecule has 0 bridgehead atoms. The number of anilines is 1. The number of rotatable bonds is 7. The summed E-state index contributed by atoms with van der Waals surface area (Å²) in [6, 6.07) is 8.28. The number of benzene rings is 1. The van der Waals surface area contributed by atoms with Crippen molar-refractivity contribution in [2.24, 2.45) is 0 Å². The standard InChI is InChI=1S/C23H24N6O5/c1-33-11-3-9-28-14-25-17-12-16(5-6-18(17)28)34-19-7-4-15(13-24-19)29-10-2-8-23(29)20(30)26-22(32)27-21(23)31/h4-7,12-14H,2-3,8-11H2,1H3,(H2,26,27,30,31,32). The second kappa shape index (κ2) is 8.75. The Balaban J connectivity index is 1.32. The van der Waals surface area contributed by atoms with Crippen LogP contribution in [0.4, 0.5) is 10.5 Å². The highest BCUT2D eigenvalue weighted by molar-refractivity contribution is 6.24. The number of imide groups is 2. The van der Waals surface area contributed by atoms with Crippen LogP contribution >= 0.6 is 0 Å². The van der Waals surface area contributed by atoms with Crippen LogP contribution < -0.4 is 20.3 Å². The van der Waals surface area contributed by atoms with Crippen molar-refractivity contribution < 1.29 is 23.9 Å². The summed E-state index contributed by atoms with van der Waals surface area (Å²) in [4.78, 5) is 47.2. The van der Waals surface area contributed by atoms with Gasteiger partial charge < -0.3 is 18.9 Å². The molecule has 2 N–H and O–H groups in total. The summed E-state index contributed by atoms with van der Waals surface area (Å²) in [5.74, 6) is -0.274. The third-order valence-corrected chi connectivity index (χ3v) is 6.18. The van der Waals surface area contributed by atoms with Crippen LogP contribution in [0.3, 0.4) is 0 Å². The van der Waals surface area contributed by atoms with E-state index in [1.54, 1.807) is 36.7 Å². The maximum atomic E-state index is 12.6. The van der Waals surface area contributed by atoms with Crippen molar-refractivity contribution in [3.63, 3.8) is 0 Å². The van der Waals surface area contributed by atoms with Gasteiger partial charge in [0.25, 0.3) is 11.8 Å². The van der Waals surface area contributed by atoms with Gasteiger partial charge in [-0.1, -0.05) is 0 Å². The van der Waals surface area contributed by atoms with Gasteiger partial charge in [-0.25, -0.2) is 14.8 Å². The minimum absolute atomic E-state index is 0.314. The molecule has 2 aliphatic heterocycles. The second-order valence-electron chi connectivity index (χ2n) is 8.24. The minimum Gasteiger partial charge on any atom is -0.439 e. The number of nitrogens with zero attached hydrogens (tertiary/aromatic N) is 4. The van der Waals surface area contributed by atoms with Crippen LogP contribution in [0.1, 0.15) is 19.3 Å². The summed E-state index contributed by atoms with van der Waals surface area (Å²) in [5.41, 5.74) is 0.961. The first-order valence-electron chi connectivity index (χ1n) is 11.0. The zero-order valence-corrected chi connectivity index (χ0v) is 18.6. The molecule has 0 saturated carbocycles. The summed E-state index contributed by atoms with van der Waals surface area (Å²) in [7, 11) is 1.69. The smallest absolute Gasteiger partial charge is 0.328 e. The van der Waals surface area contributed by atoms with Crippen molar-refractivity contribution in [3.8, 4) is 11.6 Å². The lowest BCUT2D eigenvalue weighted by atomic mass is 9.92. The van der Waals surface area contributed by atoms with Crippen molar-refractivity contribution in [1.29, 1.82) is 0 Å². The summed E-state index contributed by atoms with van der Waals surface area (Å²) in [6.07, 6.45) is 5.20. The molecule has 2 fully saturated rings. The Hall–Kier alpha value is -3.99. The number of nitrogens with one attached hydrogen (secondary N) is 2. The molecule has 0 radical (unpaired) electrons. The highest BCUT2D eigenvalue weighted by Gasteiger charge is 2.57. The number of aromatic nitrogens is 3. The maximum Gasteiger partial charge on any atom is 0.328 e. The van der Waals surface area contributed by atoms with E-state index in [2.05, 4.69) is 25.2 Å². The number of methoxy groups -OCH3 is 1. The SMILES string of the molecule is COCCCn1cnc2cc(Oc3ccc(N4CCCC45C(=O)NC(=O)NC5=O)cn3)ccc21. The van der Waals surface area contributed by atoms with E-state index in [9.17, 15) is 14.4 Å². The number of fused-ring (bicyclic) bond motifs is 1. The average Bonchev–Trinajstić information content (AvgIpc) is 3.44. The van der Waals surface area contributed by atoms with E-state index >= 15 is 0 Å². The Bertz CT molecular complexity index is 1230. The van der Waals surface area contributed by atoms with Gasteiger partial charge in [0, 0.05) is 38.9 Å². The molecule has 0 atom stereocenters. The lowest BCUT2D eigenvalue weighted by molar-refractivity contribution is -0.137. The normalized spacial score (nSPS) is 17.3. The quantitative estimate of drug-likeness (QED) is 0.401. The first kappa shape index (κ1) is 21.8. The number of carbonyl (C=O) groups excluding carboxylic acids is 3. The number of hydrogen-bond acceptors (Lipinski definition) is 8. The molecule has 2 saturated heterocycles.